The maximum Gasteiger partial charge on any atom is 0.192 e. The predicted molar refractivity (Wildman–Crippen MR) is 64.1 cm³/mol. The molecule has 0 atom stereocenters. The standard InChI is InChI=1S/C9H9BBrNOS/c1-2-14-8-3-6(10)5-12-9(8)7(13)4-11/h3,5H,2,4H2,1H3. The van der Waals surface area contributed by atoms with Gasteiger partial charge in [0.05, 0.1) is 5.33 Å². The van der Waals surface area contributed by atoms with Crippen molar-refractivity contribution in [2.24, 2.45) is 0 Å². The average Bonchev–Trinajstić information content (AvgIpc) is 2.17. The molecule has 1 aromatic rings. The van der Waals surface area contributed by atoms with Gasteiger partial charge in [0.25, 0.3) is 0 Å². The predicted octanol–water partition coefficient (Wildman–Crippen LogP) is 1.56. The molecule has 0 N–H and O–H groups in total. The van der Waals surface area contributed by atoms with Gasteiger partial charge in [-0.25, -0.2) is 0 Å². The van der Waals surface area contributed by atoms with Crippen LogP contribution in [0.1, 0.15) is 17.4 Å². The van der Waals surface area contributed by atoms with Gasteiger partial charge in [-0.2, -0.15) is 0 Å². The highest BCUT2D eigenvalue weighted by Crippen LogP contribution is 2.20. The fraction of sp³-hybridized carbons (Fsp3) is 0.333. The van der Waals surface area contributed by atoms with Gasteiger partial charge in [-0.1, -0.05) is 34.4 Å². The minimum Gasteiger partial charge on any atom is -0.291 e. The number of alkyl halides is 1. The first-order valence-electron chi connectivity index (χ1n) is 4.16. The first-order valence-corrected chi connectivity index (χ1v) is 6.27. The van der Waals surface area contributed by atoms with E-state index in [1.54, 1.807) is 17.8 Å². The van der Waals surface area contributed by atoms with Gasteiger partial charge in [0.1, 0.15) is 13.5 Å². The van der Waals surface area contributed by atoms with Gasteiger partial charge >= 0.3 is 0 Å². The van der Waals surface area contributed by atoms with Crippen molar-refractivity contribution >= 4 is 46.8 Å². The first kappa shape index (κ1) is 11.8. The van der Waals surface area contributed by atoms with Gasteiger partial charge < -0.3 is 0 Å². The summed E-state index contributed by atoms with van der Waals surface area (Å²) in [5, 5.41) is 0.293. The number of carbonyl (C=O) groups excluding carboxylic acids is 1. The lowest BCUT2D eigenvalue weighted by Gasteiger charge is -2.05. The quantitative estimate of drug-likeness (QED) is 0.360. The molecule has 14 heavy (non-hydrogen) atoms. The molecule has 72 valence electrons. The van der Waals surface area contributed by atoms with E-state index in [9.17, 15) is 4.79 Å². The van der Waals surface area contributed by atoms with Gasteiger partial charge in [-0.05, 0) is 5.75 Å². The number of aromatic nitrogens is 1. The van der Waals surface area contributed by atoms with Crippen LogP contribution in [0.2, 0.25) is 0 Å². The summed E-state index contributed by atoms with van der Waals surface area (Å²) in [4.78, 5) is 16.4. The average molecular weight is 270 g/mol. The van der Waals surface area contributed by atoms with E-state index in [0.717, 1.165) is 10.6 Å². The maximum absolute atomic E-state index is 11.5. The zero-order valence-corrected chi connectivity index (χ0v) is 10.2. The molecule has 0 saturated heterocycles. The molecule has 0 aromatic carbocycles. The molecular formula is C9H9BBrNOS. The van der Waals surface area contributed by atoms with Crippen LogP contribution >= 0.6 is 27.7 Å². The number of pyridine rings is 1. The Morgan fingerprint density at radius 1 is 1.71 bits per heavy atom. The van der Waals surface area contributed by atoms with Gasteiger partial charge in [0.2, 0.25) is 0 Å². The molecule has 0 unspecified atom stereocenters. The highest BCUT2D eigenvalue weighted by molar-refractivity contribution is 9.09. The molecule has 2 radical (unpaired) electrons. The lowest BCUT2D eigenvalue weighted by atomic mass is 9.98. The summed E-state index contributed by atoms with van der Waals surface area (Å²) >= 11 is 4.70. The van der Waals surface area contributed by atoms with Crippen LogP contribution in [-0.2, 0) is 0 Å². The first-order chi connectivity index (χ1) is 6.69. The minimum atomic E-state index is -0.0130. The molecule has 1 aromatic heterocycles. The summed E-state index contributed by atoms with van der Waals surface area (Å²) < 4.78 is 0. The van der Waals surface area contributed by atoms with E-state index in [-0.39, 0.29) is 5.78 Å². The number of ketones is 1. The van der Waals surface area contributed by atoms with E-state index in [0.29, 0.717) is 16.5 Å². The van der Waals surface area contributed by atoms with Crippen molar-refractivity contribution in [1.29, 1.82) is 0 Å². The van der Waals surface area contributed by atoms with E-state index < -0.39 is 0 Å². The number of rotatable bonds is 4. The van der Waals surface area contributed by atoms with Crippen LogP contribution in [-0.4, -0.2) is 29.7 Å². The summed E-state index contributed by atoms with van der Waals surface area (Å²) in [6.07, 6.45) is 1.51. The molecule has 0 amide bonds. The van der Waals surface area contributed by atoms with Crippen molar-refractivity contribution in [2.45, 2.75) is 11.8 Å². The number of halogens is 1. The Bertz CT molecular complexity index is 346. The highest BCUT2D eigenvalue weighted by Gasteiger charge is 2.11. The molecule has 0 saturated carbocycles. The van der Waals surface area contributed by atoms with Crippen molar-refractivity contribution in [3.05, 3.63) is 18.0 Å². The van der Waals surface area contributed by atoms with Crippen LogP contribution < -0.4 is 5.46 Å². The summed E-state index contributed by atoms with van der Waals surface area (Å²) in [6.45, 7) is 2.02. The normalized spacial score (nSPS) is 10.1. The smallest absolute Gasteiger partial charge is 0.192 e. The molecule has 0 aliphatic heterocycles. The van der Waals surface area contributed by atoms with Crippen molar-refractivity contribution in [3.63, 3.8) is 0 Å². The van der Waals surface area contributed by atoms with E-state index in [1.807, 2.05) is 6.92 Å². The third-order valence-electron chi connectivity index (χ3n) is 1.56. The van der Waals surface area contributed by atoms with Crippen molar-refractivity contribution in [1.82, 2.24) is 4.98 Å². The molecule has 0 aliphatic carbocycles. The molecule has 2 nitrogen and oxygen atoms in total. The second kappa shape index (κ2) is 5.56. The third kappa shape index (κ3) is 2.85. The number of thioether (sulfide) groups is 1. The van der Waals surface area contributed by atoms with Gasteiger partial charge in [-0.15, -0.1) is 11.8 Å². The maximum atomic E-state index is 11.5. The molecule has 5 heteroatoms. The van der Waals surface area contributed by atoms with Gasteiger partial charge in [0.15, 0.2) is 5.78 Å². The van der Waals surface area contributed by atoms with Crippen LogP contribution in [0.25, 0.3) is 0 Å². The summed E-state index contributed by atoms with van der Waals surface area (Å²) in [7, 11) is 5.60. The van der Waals surface area contributed by atoms with Crippen LogP contribution in [0.15, 0.2) is 17.2 Å². The number of Topliss-reactive ketones (excluding diaryl/α,β-unsaturated/α-hetero) is 1. The molecule has 0 fully saturated rings. The molecule has 1 heterocycles. The Balaban J connectivity index is 3.07. The number of carbonyl (C=O) groups is 1. The van der Waals surface area contributed by atoms with E-state index in [4.69, 9.17) is 7.85 Å². The second-order valence-electron chi connectivity index (χ2n) is 2.61. The zero-order valence-electron chi connectivity index (χ0n) is 7.79. The SMILES string of the molecule is [B]c1cnc(C(=O)CBr)c(SCC)c1. The Kier molecular flexibility index (Phi) is 4.68. The molecule has 0 bridgehead atoms. The summed E-state index contributed by atoms with van der Waals surface area (Å²) in [5.41, 5.74) is 1.09. The monoisotopic (exact) mass is 269 g/mol. The van der Waals surface area contributed by atoms with Crippen LogP contribution in [0.4, 0.5) is 0 Å². The topological polar surface area (TPSA) is 30.0 Å². The second-order valence-corrected chi connectivity index (χ2v) is 4.47. The minimum absolute atomic E-state index is 0.0130. The lowest BCUT2D eigenvalue weighted by molar-refractivity contribution is 0.101. The zero-order chi connectivity index (χ0) is 10.6. The summed E-state index contributed by atoms with van der Waals surface area (Å²) in [5.74, 6) is 0.884. The Morgan fingerprint density at radius 3 is 3.00 bits per heavy atom. The Morgan fingerprint density at radius 2 is 2.43 bits per heavy atom. The van der Waals surface area contributed by atoms with Crippen molar-refractivity contribution < 1.29 is 4.79 Å². The van der Waals surface area contributed by atoms with Gasteiger partial charge in [-0.3, -0.25) is 9.78 Å². The van der Waals surface area contributed by atoms with E-state index >= 15 is 0 Å². The highest BCUT2D eigenvalue weighted by atomic mass is 79.9. The number of hydrogen-bond acceptors (Lipinski definition) is 3. The van der Waals surface area contributed by atoms with Crippen molar-refractivity contribution in [3.8, 4) is 0 Å². The van der Waals surface area contributed by atoms with Crippen LogP contribution in [0.5, 0.6) is 0 Å². The fourth-order valence-corrected chi connectivity index (χ4v) is 2.10. The molecule has 0 spiro atoms. The van der Waals surface area contributed by atoms with E-state index in [2.05, 4.69) is 20.9 Å². The number of nitrogens with zero attached hydrogens (tertiary/aromatic N) is 1. The molecule has 0 aliphatic rings. The number of hydrogen-bond donors (Lipinski definition) is 0. The fourth-order valence-electron chi connectivity index (χ4n) is 0.998. The van der Waals surface area contributed by atoms with Crippen molar-refractivity contribution in [2.75, 3.05) is 11.1 Å². The largest absolute Gasteiger partial charge is 0.291 e. The Labute approximate surface area is 97.4 Å². The third-order valence-corrected chi connectivity index (χ3v) is 2.98. The van der Waals surface area contributed by atoms with Crippen LogP contribution in [0.3, 0.4) is 0 Å². The van der Waals surface area contributed by atoms with Gasteiger partial charge in [0, 0.05) is 11.1 Å². The molecular weight excluding hydrogens is 261 g/mol. The molecule has 1 rings (SSSR count). The van der Waals surface area contributed by atoms with Crippen LogP contribution in [0, 0.1) is 0 Å². The Hall–Kier alpha value is -0.285. The lowest BCUT2D eigenvalue weighted by Crippen LogP contribution is -2.11. The summed E-state index contributed by atoms with van der Waals surface area (Å²) in [6, 6.07) is 1.79. The van der Waals surface area contributed by atoms with E-state index in [1.165, 1.54) is 6.20 Å².